The number of carbonyl (C=O) groups excluding carboxylic acids is 2. The molecule has 2 aliphatic rings. The summed E-state index contributed by atoms with van der Waals surface area (Å²) in [4.78, 5) is 34.7. The molecule has 1 unspecified atom stereocenters. The zero-order valence-corrected chi connectivity index (χ0v) is 10.3. The lowest BCUT2D eigenvalue weighted by Crippen LogP contribution is -2.22. The summed E-state index contributed by atoms with van der Waals surface area (Å²) in [6.45, 7) is 0. The minimum absolute atomic E-state index is 0.132. The van der Waals surface area contributed by atoms with E-state index in [1.165, 1.54) is 0 Å². The smallest absolute Gasteiger partial charge is 0.349 e. The van der Waals surface area contributed by atoms with E-state index in [0.717, 1.165) is 6.07 Å². The molecular formula is C13H8O8. The van der Waals surface area contributed by atoms with E-state index < -0.39 is 53.1 Å². The van der Waals surface area contributed by atoms with Crippen molar-refractivity contribution in [2.45, 2.75) is 12.5 Å². The lowest BCUT2D eigenvalue weighted by Gasteiger charge is -2.25. The second kappa shape index (κ2) is 3.98. The predicted octanol–water partition coefficient (Wildman–Crippen LogP) is 0.212. The number of fused-ring (bicyclic) bond motifs is 2. The normalized spacial score (nSPS) is 20.1. The number of aliphatic carboxylic acids is 1. The molecule has 0 saturated carbocycles. The van der Waals surface area contributed by atoms with Crippen molar-refractivity contribution in [3.05, 3.63) is 23.0 Å². The molecule has 21 heavy (non-hydrogen) atoms. The molecule has 1 aromatic carbocycles. The summed E-state index contributed by atoms with van der Waals surface area (Å²) in [5.41, 5.74) is -0.704. The van der Waals surface area contributed by atoms with Gasteiger partial charge in [-0.3, -0.25) is 9.59 Å². The molecule has 0 bridgehead atoms. The van der Waals surface area contributed by atoms with Gasteiger partial charge in [0, 0.05) is 5.56 Å². The van der Waals surface area contributed by atoms with Gasteiger partial charge in [0.15, 0.2) is 23.0 Å². The first-order valence-electron chi connectivity index (χ1n) is 5.81. The maximum Gasteiger partial charge on any atom is 0.349 e. The van der Waals surface area contributed by atoms with E-state index in [-0.39, 0.29) is 16.7 Å². The van der Waals surface area contributed by atoms with Crippen LogP contribution in [0.3, 0.4) is 0 Å². The van der Waals surface area contributed by atoms with Gasteiger partial charge < -0.3 is 25.2 Å². The first-order chi connectivity index (χ1) is 9.82. The fourth-order valence-corrected chi connectivity index (χ4v) is 2.46. The van der Waals surface area contributed by atoms with Crippen LogP contribution in [0.25, 0.3) is 5.57 Å². The van der Waals surface area contributed by atoms with Crippen LogP contribution in [0, 0.1) is 0 Å². The van der Waals surface area contributed by atoms with Crippen LogP contribution in [0.1, 0.15) is 23.7 Å². The first-order valence-corrected chi connectivity index (χ1v) is 5.81. The minimum Gasteiger partial charge on any atom is -0.504 e. The van der Waals surface area contributed by atoms with Crippen LogP contribution >= 0.6 is 0 Å². The molecule has 0 fully saturated rings. The number of carboxylic acid groups (broad SMARTS) is 1. The summed E-state index contributed by atoms with van der Waals surface area (Å²) >= 11 is 0. The van der Waals surface area contributed by atoms with Crippen LogP contribution in [0.15, 0.2) is 11.8 Å². The number of allylic oxidation sites excluding steroid dienone is 2. The molecular weight excluding hydrogens is 284 g/mol. The zero-order valence-electron chi connectivity index (χ0n) is 10.3. The second-order valence-electron chi connectivity index (χ2n) is 4.62. The van der Waals surface area contributed by atoms with Gasteiger partial charge in [0.2, 0.25) is 17.6 Å². The summed E-state index contributed by atoms with van der Waals surface area (Å²) < 4.78 is 5.01. The number of rotatable bonds is 1. The quantitative estimate of drug-likeness (QED) is 0.425. The van der Waals surface area contributed by atoms with Crippen LogP contribution in [0.2, 0.25) is 0 Å². The van der Waals surface area contributed by atoms with Crippen molar-refractivity contribution in [2.24, 2.45) is 0 Å². The standard InChI is InChI=1S/C13H8O8/c14-4-2-6(16)11-7(4)3-1-5(15)9(17)10(18)8(3)12(21-11)13(19)20/h1,12,15,17-18H,2H2,(H,19,20). The molecule has 1 aliphatic carbocycles. The monoisotopic (exact) mass is 292 g/mol. The Hall–Kier alpha value is -3.03. The third-order valence-electron chi connectivity index (χ3n) is 3.37. The number of ketones is 2. The van der Waals surface area contributed by atoms with Crippen molar-refractivity contribution in [3.63, 3.8) is 0 Å². The Morgan fingerprint density at radius 3 is 2.43 bits per heavy atom. The zero-order chi connectivity index (χ0) is 15.5. The number of aromatic hydroxyl groups is 3. The molecule has 1 heterocycles. The number of carboxylic acids is 1. The Labute approximate surface area is 116 Å². The van der Waals surface area contributed by atoms with Crippen LogP contribution in [0.4, 0.5) is 0 Å². The van der Waals surface area contributed by atoms with Gasteiger partial charge in [-0.1, -0.05) is 0 Å². The fourth-order valence-electron chi connectivity index (χ4n) is 2.46. The molecule has 8 heteroatoms. The van der Waals surface area contributed by atoms with Gasteiger partial charge in [-0.05, 0) is 6.07 Å². The van der Waals surface area contributed by atoms with Crippen molar-refractivity contribution >= 4 is 23.1 Å². The molecule has 0 spiro atoms. The van der Waals surface area contributed by atoms with E-state index in [4.69, 9.17) is 9.84 Å². The predicted molar refractivity (Wildman–Crippen MR) is 64.4 cm³/mol. The highest BCUT2D eigenvalue weighted by atomic mass is 16.5. The van der Waals surface area contributed by atoms with Gasteiger partial charge >= 0.3 is 5.97 Å². The Morgan fingerprint density at radius 1 is 1.14 bits per heavy atom. The summed E-state index contributed by atoms with van der Waals surface area (Å²) in [5, 5.41) is 38.0. The number of benzene rings is 1. The summed E-state index contributed by atoms with van der Waals surface area (Å²) in [6.07, 6.45) is -2.24. The Kier molecular flexibility index (Phi) is 2.46. The van der Waals surface area contributed by atoms with Crippen LogP contribution in [0.5, 0.6) is 17.2 Å². The van der Waals surface area contributed by atoms with Gasteiger partial charge in [-0.15, -0.1) is 0 Å². The van der Waals surface area contributed by atoms with E-state index in [9.17, 15) is 29.7 Å². The number of phenols is 3. The van der Waals surface area contributed by atoms with Crippen molar-refractivity contribution in [1.82, 2.24) is 0 Å². The summed E-state index contributed by atoms with van der Waals surface area (Å²) in [5.74, 6) is -5.76. The maximum absolute atomic E-state index is 11.8. The van der Waals surface area contributed by atoms with Crippen LogP contribution in [-0.4, -0.2) is 38.0 Å². The van der Waals surface area contributed by atoms with Gasteiger partial charge in [-0.25, -0.2) is 4.79 Å². The lowest BCUT2D eigenvalue weighted by molar-refractivity contribution is -0.149. The summed E-state index contributed by atoms with van der Waals surface area (Å²) in [7, 11) is 0. The van der Waals surface area contributed by atoms with E-state index >= 15 is 0 Å². The topological polar surface area (TPSA) is 141 Å². The lowest BCUT2D eigenvalue weighted by atomic mass is 9.91. The molecule has 8 nitrogen and oxygen atoms in total. The van der Waals surface area contributed by atoms with Crippen molar-refractivity contribution in [1.29, 1.82) is 0 Å². The third kappa shape index (κ3) is 1.59. The maximum atomic E-state index is 11.8. The highest BCUT2D eigenvalue weighted by Crippen LogP contribution is 2.50. The molecule has 0 radical (unpaired) electrons. The Balaban J connectivity index is 2.38. The van der Waals surface area contributed by atoms with Crippen molar-refractivity contribution in [2.75, 3.05) is 0 Å². The second-order valence-corrected chi connectivity index (χ2v) is 4.62. The molecule has 108 valence electrons. The number of phenolic OH excluding ortho intramolecular Hbond substituents is 3. The number of ether oxygens (including phenoxy) is 1. The molecule has 0 amide bonds. The first kappa shape index (κ1) is 13.0. The molecule has 4 N–H and O–H groups in total. The molecule has 1 atom stereocenters. The van der Waals surface area contributed by atoms with Gasteiger partial charge in [0.05, 0.1) is 17.6 Å². The highest BCUT2D eigenvalue weighted by Gasteiger charge is 2.45. The Morgan fingerprint density at radius 2 is 1.81 bits per heavy atom. The van der Waals surface area contributed by atoms with E-state index in [1.54, 1.807) is 0 Å². The molecule has 0 aromatic heterocycles. The Bertz CT molecular complexity index is 758. The highest BCUT2D eigenvalue weighted by molar-refractivity contribution is 6.38. The fraction of sp³-hybridized carbons (Fsp3) is 0.154. The van der Waals surface area contributed by atoms with Crippen molar-refractivity contribution in [3.8, 4) is 17.2 Å². The molecule has 0 saturated heterocycles. The number of carbonyl (C=O) groups is 3. The minimum atomic E-state index is -1.76. The van der Waals surface area contributed by atoms with E-state index in [1.807, 2.05) is 0 Å². The van der Waals surface area contributed by atoms with Gasteiger partial charge in [0.1, 0.15) is 0 Å². The number of hydrogen-bond acceptors (Lipinski definition) is 7. The van der Waals surface area contributed by atoms with Crippen LogP contribution < -0.4 is 0 Å². The van der Waals surface area contributed by atoms with Crippen LogP contribution in [-0.2, 0) is 19.1 Å². The van der Waals surface area contributed by atoms with E-state index in [2.05, 4.69) is 0 Å². The SMILES string of the molecule is O=C1CC(=O)C2=C1OC(C(=O)O)c1c2cc(O)c(O)c1O. The average Bonchev–Trinajstić information content (AvgIpc) is 2.70. The average molecular weight is 292 g/mol. The third-order valence-corrected chi connectivity index (χ3v) is 3.37. The van der Waals surface area contributed by atoms with Gasteiger partial charge in [0.25, 0.3) is 0 Å². The van der Waals surface area contributed by atoms with Crippen molar-refractivity contribution < 1.29 is 39.5 Å². The number of Topliss-reactive ketones (excluding diaryl/α,β-unsaturated/α-hetero) is 2. The number of hydrogen-bond donors (Lipinski definition) is 4. The summed E-state index contributed by atoms with van der Waals surface area (Å²) in [6, 6.07) is 0.925. The van der Waals surface area contributed by atoms with Gasteiger partial charge in [-0.2, -0.15) is 0 Å². The molecule has 1 aromatic rings. The molecule has 1 aliphatic heterocycles. The van der Waals surface area contributed by atoms with E-state index in [0.29, 0.717) is 0 Å². The molecule has 3 rings (SSSR count). The largest absolute Gasteiger partial charge is 0.504 e.